The van der Waals surface area contributed by atoms with Crippen LogP contribution in [0, 0.1) is 10.1 Å². The minimum absolute atomic E-state index is 0.134. The molecule has 0 radical (unpaired) electrons. The summed E-state index contributed by atoms with van der Waals surface area (Å²) in [5.74, 6) is 0. The first-order chi connectivity index (χ1) is 14.5. The van der Waals surface area contributed by atoms with Gasteiger partial charge < -0.3 is 5.73 Å². The molecule has 16 heteroatoms. The summed E-state index contributed by atoms with van der Waals surface area (Å²) in [7, 11) is -9.36. The van der Waals surface area contributed by atoms with Crippen molar-refractivity contribution in [1.29, 1.82) is 0 Å². The SMILES string of the molecule is Nc1cc(S(=O)(=O)c2cccc3cnccc23)c(C(F)(F)F)cc1[N+](=O)[O-].O=S(=O)(O)O. The standard InChI is InChI=1S/C16H10F3N3O4S.H2O4S/c17-16(18,19)11-6-13(22(23)24)12(20)7-15(11)27(25,26)14-3-1-2-9-8-21-5-4-10(9)14;1-5(2,3)4/h1-8H,20H2;(H2,1,2,3,4). The van der Waals surface area contributed by atoms with Crippen molar-refractivity contribution in [2.24, 2.45) is 0 Å². The highest BCUT2D eigenvalue weighted by Crippen LogP contribution is 2.41. The second kappa shape index (κ2) is 8.65. The lowest BCUT2D eigenvalue weighted by Gasteiger charge is -2.15. The van der Waals surface area contributed by atoms with Gasteiger partial charge in [0.2, 0.25) is 9.84 Å². The van der Waals surface area contributed by atoms with Gasteiger partial charge in [0, 0.05) is 29.2 Å². The van der Waals surface area contributed by atoms with Crippen LogP contribution in [0.5, 0.6) is 0 Å². The van der Waals surface area contributed by atoms with Gasteiger partial charge in [-0.3, -0.25) is 24.2 Å². The Balaban J connectivity index is 0.000000654. The van der Waals surface area contributed by atoms with Crippen molar-refractivity contribution in [3.63, 3.8) is 0 Å². The van der Waals surface area contributed by atoms with Crippen LogP contribution in [0.2, 0.25) is 0 Å². The molecule has 1 aromatic heterocycles. The van der Waals surface area contributed by atoms with Crippen LogP contribution >= 0.6 is 0 Å². The summed E-state index contributed by atoms with van der Waals surface area (Å²) in [6.07, 6.45) is -2.48. The summed E-state index contributed by atoms with van der Waals surface area (Å²) in [4.78, 5) is 12.1. The molecule has 0 saturated heterocycles. The lowest BCUT2D eigenvalue weighted by atomic mass is 10.1. The van der Waals surface area contributed by atoms with E-state index >= 15 is 0 Å². The van der Waals surface area contributed by atoms with Crippen LogP contribution < -0.4 is 5.73 Å². The molecular formula is C16H12F3N3O8S2. The van der Waals surface area contributed by atoms with Crippen LogP contribution in [-0.2, 0) is 26.4 Å². The van der Waals surface area contributed by atoms with E-state index in [4.69, 9.17) is 23.3 Å². The summed E-state index contributed by atoms with van der Waals surface area (Å²) in [6, 6.07) is 6.01. The average Bonchev–Trinajstić information content (AvgIpc) is 2.64. The van der Waals surface area contributed by atoms with Crippen LogP contribution in [0.3, 0.4) is 0 Å². The molecule has 0 atom stereocenters. The van der Waals surface area contributed by atoms with Crippen molar-refractivity contribution in [2.75, 3.05) is 5.73 Å². The van der Waals surface area contributed by atoms with Gasteiger partial charge in [-0.1, -0.05) is 12.1 Å². The Morgan fingerprint density at radius 1 is 1.03 bits per heavy atom. The van der Waals surface area contributed by atoms with Crippen LogP contribution in [0.1, 0.15) is 5.56 Å². The van der Waals surface area contributed by atoms with Crippen molar-refractivity contribution in [3.05, 3.63) is 64.5 Å². The number of alkyl halides is 3. The Morgan fingerprint density at radius 3 is 2.16 bits per heavy atom. The number of nitrogen functional groups attached to an aromatic ring is 1. The molecular weight excluding hydrogens is 483 g/mol. The normalized spacial score (nSPS) is 12.2. The number of pyridine rings is 1. The molecule has 0 spiro atoms. The fourth-order valence-corrected chi connectivity index (χ4v) is 4.35. The highest BCUT2D eigenvalue weighted by molar-refractivity contribution is 7.91. The fraction of sp³-hybridized carbons (Fsp3) is 0.0625. The highest BCUT2D eigenvalue weighted by atomic mass is 32.3. The number of hydrogen-bond donors (Lipinski definition) is 3. The first kappa shape index (κ1) is 24.9. The molecule has 0 aliphatic carbocycles. The van der Waals surface area contributed by atoms with Gasteiger partial charge in [-0.05, 0) is 18.2 Å². The molecule has 3 rings (SSSR count). The van der Waals surface area contributed by atoms with Crippen molar-refractivity contribution >= 4 is 42.4 Å². The fourth-order valence-electron chi connectivity index (χ4n) is 2.63. The van der Waals surface area contributed by atoms with Gasteiger partial charge >= 0.3 is 16.6 Å². The van der Waals surface area contributed by atoms with E-state index in [0.717, 1.165) is 6.07 Å². The van der Waals surface area contributed by atoms with Crippen molar-refractivity contribution < 1.29 is 44.0 Å². The Labute approximate surface area is 178 Å². The third-order valence-electron chi connectivity index (χ3n) is 3.85. The van der Waals surface area contributed by atoms with Gasteiger partial charge in [-0.2, -0.15) is 21.6 Å². The zero-order valence-corrected chi connectivity index (χ0v) is 17.0. The predicted octanol–water partition coefficient (Wildman–Crippen LogP) is 2.92. The summed E-state index contributed by atoms with van der Waals surface area (Å²) in [5, 5.41) is 11.5. The molecule has 0 bridgehead atoms. The number of rotatable bonds is 3. The molecule has 0 amide bonds. The van der Waals surface area contributed by atoms with E-state index in [-0.39, 0.29) is 16.3 Å². The summed E-state index contributed by atoms with van der Waals surface area (Å²) in [6.45, 7) is 0. The van der Waals surface area contributed by atoms with Crippen molar-refractivity contribution in [3.8, 4) is 0 Å². The summed E-state index contributed by atoms with van der Waals surface area (Å²) >= 11 is 0. The third kappa shape index (κ3) is 5.67. The molecule has 1 heterocycles. The summed E-state index contributed by atoms with van der Waals surface area (Å²) < 4.78 is 97.9. The van der Waals surface area contributed by atoms with Crippen LogP contribution in [0.15, 0.2) is 58.6 Å². The van der Waals surface area contributed by atoms with Crippen LogP contribution in [0.25, 0.3) is 10.8 Å². The molecule has 0 aliphatic heterocycles. The smallest absolute Gasteiger partial charge is 0.393 e. The van der Waals surface area contributed by atoms with Gasteiger partial charge in [-0.15, -0.1) is 0 Å². The number of fused-ring (bicyclic) bond motifs is 1. The third-order valence-corrected chi connectivity index (χ3v) is 5.70. The number of nitro benzene ring substituents is 1. The maximum absolute atomic E-state index is 13.4. The molecule has 4 N–H and O–H groups in total. The number of anilines is 1. The van der Waals surface area contributed by atoms with Crippen LogP contribution in [-0.4, -0.2) is 35.8 Å². The lowest BCUT2D eigenvalue weighted by Crippen LogP contribution is -2.15. The van der Waals surface area contributed by atoms with Crippen LogP contribution in [0.4, 0.5) is 24.5 Å². The van der Waals surface area contributed by atoms with Crippen molar-refractivity contribution in [2.45, 2.75) is 16.0 Å². The van der Waals surface area contributed by atoms with Gasteiger partial charge in [0.25, 0.3) is 5.69 Å². The highest BCUT2D eigenvalue weighted by Gasteiger charge is 2.40. The number of nitrogens with two attached hydrogens (primary N) is 1. The molecule has 11 nitrogen and oxygen atoms in total. The summed E-state index contributed by atoms with van der Waals surface area (Å²) in [5.41, 5.74) is 2.07. The van der Waals surface area contributed by atoms with E-state index in [1.807, 2.05) is 0 Å². The molecule has 2 aromatic carbocycles. The predicted molar refractivity (Wildman–Crippen MR) is 104 cm³/mol. The van der Waals surface area contributed by atoms with Gasteiger partial charge in [-0.25, -0.2) is 8.42 Å². The second-order valence-corrected chi connectivity index (χ2v) is 8.75. The Bertz CT molecular complexity index is 1390. The average molecular weight is 495 g/mol. The van der Waals surface area contributed by atoms with E-state index in [1.165, 1.54) is 24.5 Å². The van der Waals surface area contributed by atoms with E-state index in [0.29, 0.717) is 11.5 Å². The lowest BCUT2D eigenvalue weighted by molar-refractivity contribution is -0.384. The number of benzene rings is 2. The molecule has 0 fully saturated rings. The van der Waals surface area contributed by atoms with E-state index in [9.17, 15) is 31.7 Å². The maximum atomic E-state index is 13.4. The number of nitro groups is 1. The van der Waals surface area contributed by atoms with E-state index in [2.05, 4.69) is 4.98 Å². The molecule has 172 valence electrons. The number of hydrogen-bond acceptors (Lipinski definition) is 8. The quantitative estimate of drug-likeness (QED) is 0.211. The van der Waals surface area contributed by atoms with E-state index < -0.39 is 53.2 Å². The number of halogens is 3. The maximum Gasteiger partial charge on any atom is 0.417 e. The minimum Gasteiger partial charge on any atom is -0.393 e. The molecule has 3 aromatic rings. The number of aromatic nitrogens is 1. The van der Waals surface area contributed by atoms with Crippen molar-refractivity contribution in [1.82, 2.24) is 4.98 Å². The Hall–Kier alpha value is -3.34. The molecule has 0 saturated carbocycles. The molecule has 0 aliphatic rings. The van der Waals surface area contributed by atoms with Gasteiger partial charge in [0.1, 0.15) is 5.69 Å². The van der Waals surface area contributed by atoms with E-state index in [1.54, 1.807) is 6.07 Å². The first-order valence-electron chi connectivity index (χ1n) is 7.96. The zero-order chi connectivity index (χ0) is 24.5. The molecule has 0 unspecified atom stereocenters. The first-order valence-corrected chi connectivity index (χ1v) is 10.8. The second-order valence-electron chi connectivity index (χ2n) is 5.97. The largest absolute Gasteiger partial charge is 0.417 e. The number of sulfone groups is 1. The minimum atomic E-state index is -5.15. The Kier molecular flexibility index (Phi) is 6.74. The monoisotopic (exact) mass is 495 g/mol. The molecule has 32 heavy (non-hydrogen) atoms. The topological polar surface area (TPSA) is 191 Å². The number of nitrogens with zero attached hydrogens (tertiary/aromatic N) is 2. The zero-order valence-electron chi connectivity index (χ0n) is 15.4. The van der Waals surface area contributed by atoms with Gasteiger partial charge in [0.05, 0.1) is 20.3 Å². The van der Waals surface area contributed by atoms with Gasteiger partial charge in [0.15, 0.2) is 0 Å². The Morgan fingerprint density at radius 2 is 1.62 bits per heavy atom.